The van der Waals surface area contributed by atoms with Gasteiger partial charge in [-0.25, -0.2) is 0 Å². The summed E-state index contributed by atoms with van der Waals surface area (Å²) < 4.78 is 5.13. The van der Waals surface area contributed by atoms with Gasteiger partial charge in [0.1, 0.15) is 17.5 Å². The van der Waals surface area contributed by atoms with Crippen molar-refractivity contribution < 1.29 is 24.2 Å². The molecule has 3 aromatic carbocycles. The molecule has 0 spiro atoms. The summed E-state index contributed by atoms with van der Waals surface area (Å²) in [5.41, 5.74) is 1.76. The van der Waals surface area contributed by atoms with Crippen molar-refractivity contribution in [2.45, 2.75) is 45.1 Å². The first-order valence-electron chi connectivity index (χ1n) is 12.8. The monoisotopic (exact) mass is 517 g/mol. The van der Waals surface area contributed by atoms with Crippen LogP contribution in [0, 0.1) is 0 Å². The van der Waals surface area contributed by atoms with Gasteiger partial charge in [0.2, 0.25) is 5.91 Å². The number of nitrogens with one attached hydrogen (secondary N) is 3. The molecule has 1 atom stereocenters. The molecule has 0 saturated carbocycles. The summed E-state index contributed by atoms with van der Waals surface area (Å²) in [6.45, 7) is 2.65. The van der Waals surface area contributed by atoms with E-state index in [1.54, 1.807) is 79.9 Å². The zero-order valence-corrected chi connectivity index (χ0v) is 21.8. The van der Waals surface area contributed by atoms with Crippen molar-refractivity contribution in [3.8, 4) is 11.5 Å². The van der Waals surface area contributed by atoms with Crippen molar-refractivity contribution in [3.63, 3.8) is 0 Å². The van der Waals surface area contributed by atoms with E-state index in [1.165, 1.54) is 0 Å². The predicted octanol–water partition coefficient (Wildman–Crippen LogP) is 4.69. The van der Waals surface area contributed by atoms with E-state index in [1.807, 2.05) is 0 Å². The fourth-order valence-corrected chi connectivity index (χ4v) is 3.93. The molecule has 8 nitrogen and oxygen atoms in total. The maximum absolute atomic E-state index is 13.3. The Labute approximate surface area is 223 Å². The zero-order valence-electron chi connectivity index (χ0n) is 21.8. The van der Waals surface area contributed by atoms with Crippen LogP contribution in [-0.4, -0.2) is 42.5 Å². The molecular formula is C30H35N3O5. The van der Waals surface area contributed by atoms with Gasteiger partial charge in [0, 0.05) is 18.5 Å². The van der Waals surface area contributed by atoms with Crippen molar-refractivity contribution in [2.75, 3.05) is 19.0 Å². The number of aromatic hydroxyl groups is 1. The minimum absolute atomic E-state index is 0.122. The number of anilines is 1. The van der Waals surface area contributed by atoms with Gasteiger partial charge in [0.05, 0.1) is 18.4 Å². The standard InChI is InChI=1S/C30H35N3O5/c1-3-4-5-8-19-31-30(37)27(20-21-11-15-23(34)16-12-21)33-29(36)25-9-6-7-10-26(25)32-28(35)22-13-17-24(38-2)18-14-22/h6-7,9-18,27,34H,3-5,8,19-20H2,1-2H3,(H,31,37)(H,32,35)(H,33,36)/t27-/m0/s1. The minimum Gasteiger partial charge on any atom is -0.508 e. The average molecular weight is 518 g/mol. The molecule has 0 saturated heterocycles. The lowest BCUT2D eigenvalue weighted by molar-refractivity contribution is -0.122. The number of para-hydroxylation sites is 1. The highest BCUT2D eigenvalue weighted by Gasteiger charge is 2.23. The van der Waals surface area contributed by atoms with Gasteiger partial charge in [0.15, 0.2) is 0 Å². The summed E-state index contributed by atoms with van der Waals surface area (Å²) in [4.78, 5) is 39.2. The van der Waals surface area contributed by atoms with Crippen molar-refractivity contribution in [1.29, 1.82) is 0 Å². The summed E-state index contributed by atoms with van der Waals surface area (Å²) >= 11 is 0. The summed E-state index contributed by atoms with van der Waals surface area (Å²) in [5.74, 6) is -0.400. The molecule has 3 amide bonds. The van der Waals surface area contributed by atoms with E-state index < -0.39 is 11.9 Å². The fraction of sp³-hybridized carbons (Fsp3) is 0.300. The van der Waals surface area contributed by atoms with Crippen LogP contribution >= 0.6 is 0 Å². The number of hydrogen-bond donors (Lipinski definition) is 4. The summed E-state index contributed by atoms with van der Waals surface area (Å²) in [6.07, 6.45) is 4.32. The Bertz CT molecular complexity index is 1210. The molecule has 0 bridgehead atoms. The van der Waals surface area contributed by atoms with Crippen molar-refractivity contribution in [2.24, 2.45) is 0 Å². The van der Waals surface area contributed by atoms with Gasteiger partial charge in [-0.05, 0) is 60.5 Å². The number of rotatable bonds is 13. The highest BCUT2D eigenvalue weighted by molar-refractivity contribution is 6.09. The molecule has 8 heteroatoms. The number of unbranched alkanes of at least 4 members (excludes halogenated alkanes) is 3. The largest absolute Gasteiger partial charge is 0.508 e. The second-order valence-corrected chi connectivity index (χ2v) is 8.98. The SMILES string of the molecule is CCCCCCNC(=O)[C@H](Cc1ccc(O)cc1)NC(=O)c1ccccc1NC(=O)c1ccc(OC)cc1. The van der Waals surface area contributed by atoms with Crippen LogP contribution in [0.5, 0.6) is 11.5 Å². The van der Waals surface area contributed by atoms with E-state index >= 15 is 0 Å². The summed E-state index contributed by atoms with van der Waals surface area (Å²) in [7, 11) is 1.55. The molecular weight excluding hydrogens is 482 g/mol. The quantitative estimate of drug-likeness (QED) is 0.246. The molecule has 0 aliphatic rings. The lowest BCUT2D eigenvalue weighted by atomic mass is 10.0. The topological polar surface area (TPSA) is 117 Å². The predicted molar refractivity (Wildman–Crippen MR) is 148 cm³/mol. The second kappa shape index (κ2) is 14.4. The van der Waals surface area contributed by atoms with Gasteiger partial charge in [-0.15, -0.1) is 0 Å². The van der Waals surface area contributed by atoms with Crippen LogP contribution in [0.1, 0.15) is 58.9 Å². The maximum Gasteiger partial charge on any atom is 0.255 e. The van der Waals surface area contributed by atoms with Gasteiger partial charge in [-0.3, -0.25) is 14.4 Å². The number of carbonyl (C=O) groups is 3. The molecule has 0 fully saturated rings. The molecule has 3 rings (SSSR count). The number of methoxy groups -OCH3 is 1. The zero-order chi connectivity index (χ0) is 27.3. The van der Waals surface area contributed by atoms with Crippen LogP contribution < -0.4 is 20.7 Å². The first-order valence-corrected chi connectivity index (χ1v) is 12.8. The number of amides is 3. The van der Waals surface area contributed by atoms with E-state index in [0.29, 0.717) is 23.5 Å². The van der Waals surface area contributed by atoms with Crippen LogP contribution in [0.4, 0.5) is 5.69 Å². The molecule has 0 radical (unpaired) electrons. The molecule has 38 heavy (non-hydrogen) atoms. The number of benzene rings is 3. The van der Waals surface area contributed by atoms with Gasteiger partial charge in [0.25, 0.3) is 11.8 Å². The molecule has 4 N–H and O–H groups in total. The number of ether oxygens (including phenoxy) is 1. The number of carbonyl (C=O) groups excluding carboxylic acids is 3. The molecule has 0 aliphatic heterocycles. The Morgan fingerprint density at radius 2 is 1.58 bits per heavy atom. The number of phenols is 1. The lowest BCUT2D eigenvalue weighted by Crippen LogP contribution is -2.48. The van der Waals surface area contributed by atoms with E-state index in [-0.39, 0.29) is 29.5 Å². The Balaban J connectivity index is 1.74. The van der Waals surface area contributed by atoms with Gasteiger partial charge < -0.3 is 25.8 Å². The smallest absolute Gasteiger partial charge is 0.255 e. The maximum atomic E-state index is 13.3. The third-order valence-electron chi connectivity index (χ3n) is 6.10. The summed E-state index contributed by atoms with van der Waals surface area (Å²) in [5, 5.41) is 18.2. The van der Waals surface area contributed by atoms with E-state index in [9.17, 15) is 19.5 Å². The second-order valence-electron chi connectivity index (χ2n) is 8.98. The van der Waals surface area contributed by atoms with E-state index in [0.717, 1.165) is 31.2 Å². The number of hydrogen-bond acceptors (Lipinski definition) is 5. The summed E-state index contributed by atoms with van der Waals surface area (Å²) in [6, 6.07) is 19.0. The van der Waals surface area contributed by atoms with Crippen LogP contribution in [0.3, 0.4) is 0 Å². The Morgan fingerprint density at radius 3 is 2.26 bits per heavy atom. The van der Waals surface area contributed by atoms with Crippen molar-refractivity contribution in [1.82, 2.24) is 10.6 Å². The van der Waals surface area contributed by atoms with Gasteiger partial charge >= 0.3 is 0 Å². The fourth-order valence-electron chi connectivity index (χ4n) is 3.93. The van der Waals surface area contributed by atoms with Crippen molar-refractivity contribution in [3.05, 3.63) is 89.5 Å². The third kappa shape index (κ3) is 8.37. The van der Waals surface area contributed by atoms with E-state index in [2.05, 4.69) is 22.9 Å². The minimum atomic E-state index is -0.844. The Hall–Kier alpha value is -4.33. The highest BCUT2D eigenvalue weighted by Crippen LogP contribution is 2.19. The van der Waals surface area contributed by atoms with E-state index in [4.69, 9.17) is 4.74 Å². The average Bonchev–Trinajstić information content (AvgIpc) is 2.93. The first-order chi connectivity index (χ1) is 18.4. The molecule has 0 heterocycles. The van der Waals surface area contributed by atoms with Crippen LogP contribution in [0.15, 0.2) is 72.8 Å². The first kappa shape index (κ1) is 28.2. The van der Waals surface area contributed by atoms with Crippen LogP contribution in [0.25, 0.3) is 0 Å². The molecule has 0 aromatic heterocycles. The van der Waals surface area contributed by atoms with Gasteiger partial charge in [-0.2, -0.15) is 0 Å². The Morgan fingerprint density at radius 1 is 0.868 bits per heavy atom. The normalized spacial score (nSPS) is 11.3. The Kier molecular flexibility index (Phi) is 10.7. The molecule has 0 unspecified atom stereocenters. The van der Waals surface area contributed by atoms with Crippen LogP contribution in [-0.2, 0) is 11.2 Å². The third-order valence-corrected chi connectivity index (χ3v) is 6.10. The molecule has 0 aliphatic carbocycles. The van der Waals surface area contributed by atoms with Gasteiger partial charge in [-0.1, -0.05) is 50.5 Å². The molecule has 200 valence electrons. The lowest BCUT2D eigenvalue weighted by Gasteiger charge is -2.20. The molecule has 3 aromatic rings. The highest BCUT2D eigenvalue weighted by atomic mass is 16.5. The van der Waals surface area contributed by atoms with Crippen molar-refractivity contribution >= 4 is 23.4 Å². The number of phenolic OH excluding ortho intramolecular Hbond substituents is 1. The van der Waals surface area contributed by atoms with Crippen LogP contribution in [0.2, 0.25) is 0 Å².